The van der Waals surface area contributed by atoms with Crippen LogP contribution in [0.4, 0.5) is 22.7 Å². The highest BCUT2D eigenvalue weighted by molar-refractivity contribution is 6.91. The zero-order chi connectivity index (χ0) is 43.5. The zero-order valence-electron chi connectivity index (χ0n) is 35.0. The van der Waals surface area contributed by atoms with Crippen LogP contribution in [0.2, 0.25) is 18.6 Å². The number of methoxy groups -OCH3 is 1. The molecule has 0 aromatic heterocycles. The number of carbonyl (C=O) groups is 3. The van der Waals surface area contributed by atoms with Crippen LogP contribution in [0.1, 0.15) is 35.6 Å². The van der Waals surface area contributed by atoms with Crippen LogP contribution in [0.15, 0.2) is 115 Å². The van der Waals surface area contributed by atoms with Crippen LogP contribution in [-0.4, -0.2) is 73.2 Å². The number of non-ortho nitro benzene ring substituents is 1. The van der Waals surface area contributed by atoms with Gasteiger partial charge in [0, 0.05) is 35.8 Å². The first kappa shape index (κ1) is 41.0. The Labute approximate surface area is 360 Å². The molecular formula is C48H48N4O9Si. The van der Waals surface area contributed by atoms with E-state index in [2.05, 4.69) is 13.1 Å². The summed E-state index contributed by atoms with van der Waals surface area (Å²) in [7, 11) is -1.07. The standard InChI is InChI=1S/C48H48N4O9Si/c1-30-46(62(3,4)38-20-18-37(59-2)19-21-38)43(25-44(54)49-27-33-10-6-5-9-32(33)23-36(49)28-53)61-48(30)39-24-35(52(57)58)17-22-40(39)50(47(48)56)26-31-13-15-34(16-14-31)51-41-11-7-8-12-42(41)60-29-45(51)55/h5-22,24,30,36,43,46,53H,23,25-29H2,1-4H3/t30-,36+,43+,46-,48+/m1/s1. The van der Waals surface area contributed by atoms with Crippen molar-refractivity contribution in [2.24, 2.45) is 5.92 Å². The third-order valence-electron chi connectivity index (χ3n) is 13.5. The van der Waals surface area contributed by atoms with Gasteiger partial charge in [0.15, 0.2) is 12.2 Å². The normalized spacial score (nSPS) is 22.9. The summed E-state index contributed by atoms with van der Waals surface area (Å²) in [5, 5.41) is 24.0. The van der Waals surface area contributed by atoms with Gasteiger partial charge in [-0.3, -0.25) is 29.4 Å². The number of rotatable bonds is 10. The molecule has 1 fully saturated rings. The molecule has 0 bridgehead atoms. The van der Waals surface area contributed by atoms with Gasteiger partial charge in [-0.2, -0.15) is 0 Å². The number of hydrogen-bond donors (Lipinski definition) is 1. The molecule has 1 saturated heterocycles. The second kappa shape index (κ2) is 15.8. The highest BCUT2D eigenvalue weighted by Crippen LogP contribution is 2.60. The Morgan fingerprint density at radius 2 is 1.65 bits per heavy atom. The van der Waals surface area contributed by atoms with Crippen molar-refractivity contribution in [1.29, 1.82) is 0 Å². The van der Waals surface area contributed by atoms with Crippen LogP contribution in [0, 0.1) is 16.0 Å². The van der Waals surface area contributed by atoms with E-state index in [1.54, 1.807) is 27.9 Å². The van der Waals surface area contributed by atoms with E-state index in [0.29, 0.717) is 47.1 Å². The summed E-state index contributed by atoms with van der Waals surface area (Å²) in [5.74, 6) is 0.0213. The molecule has 4 aliphatic rings. The number of nitro benzene ring substituents is 1. The van der Waals surface area contributed by atoms with Crippen LogP contribution in [0.5, 0.6) is 11.5 Å². The molecule has 5 atom stereocenters. The van der Waals surface area contributed by atoms with Gasteiger partial charge in [0.05, 0.1) is 63.2 Å². The second-order valence-electron chi connectivity index (χ2n) is 17.2. The van der Waals surface area contributed by atoms with Gasteiger partial charge >= 0.3 is 0 Å². The summed E-state index contributed by atoms with van der Waals surface area (Å²) in [6.45, 7) is 6.57. The van der Waals surface area contributed by atoms with Crippen molar-refractivity contribution in [3.63, 3.8) is 0 Å². The average Bonchev–Trinajstić information content (AvgIpc) is 3.71. The summed E-state index contributed by atoms with van der Waals surface area (Å²) < 4.78 is 18.3. The number of fused-ring (bicyclic) bond motifs is 4. The lowest BCUT2D eigenvalue weighted by Crippen LogP contribution is -2.52. The number of carbonyl (C=O) groups excluding carboxylic acids is 3. The Bertz CT molecular complexity index is 2580. The molecule has 0 saturated carbocycles. The van der Waals surface area contributed by atoms with E-state index in [-0.39, 0.29) is 55.1 Å². The first-order valence-corrected chi connectivity index (χ1v) is 24.0. The first-order valence-electron chi connectivity index (χ1n) is 20.9. The Kier molecular flexibility index (Phi) is 10.5. The number of aliphatic hydroxyl groups is 1. The number of amides is 3. The van der Waals surface area contributed by atoms with Crippen molar-refractivity contribution in [3.8, 4) is 11.5 Å². The lowest BCUT2D eigenvalue weighted by atomic mass is 9.82. The molecule has 5 aromatic rings. The van der Waals surface area contributed by atoms with Gasteiger partial charge in [-0.05, 0) is 71.1 Å². The minimum atomic E-state index is -2.68. The van der Waals surface area contributed by atoms with Gasteiger partial charge in [-0.15, -0.1) is 0 Å². The molecule has 4 heterocycles. The fourth-order valence-corrected chi connectivity index (χ4v) is 14.4. The maximum atomic E-state index is 15.5. The number of nitrogens with zero attached hydrogens (tertiary/aromatic N) is 4. The van der Waals surface area contributed by atoms with Crippen molar-refractivity contribution in [1.82, 2.24) is 4.90 Å². The minimum absolute atomic E-state index is 0.0512. The Morgan fingerprint density at radius 3 is 2.35 bits per heavy atom. The van der Waals surface area contributed by atoms with Gasteiger partial charge < -0.3 is 29.1 Å². The molecule has 318 valence electrons. The number of nitro groups is 1. The van der Waals surface area contributed by atoms with E-state index in [1.165, 1.54) is 12.1 Å². The topological polar surface area (TPSA) is 152 Å². The van der Waals surface area contributed by atoms with Crippen LogP contribution in [0.25, 0.3) is 0 Å². The summed E-state index contributed by atoms with van der Waals surface area (Å²) in [4.78, 5) is 60.1. The third-order valence-corrected chi connectivity index (χ3v) is 17.9. The molecule has 9 rings (SSSR count). The highest BCUT2D eigenvalue weighted by Gasteiger charge is 2.67. The number of para-hydroxylation sites is 2. The monoisotopic (exact) mass is 852 g/mol. The van der Waals surface area contributed by atoms with Crippen LogP contribution >= 0.6 is 0 Å². The Hall–Kier alpha value is -6.35. The summed E-state index contributed by atoms with van der Waals surface area (Å²) >= 11 is 0. The first-order chi connectivity index (χ1) is 29.8. The van der Waals surface area contributed by atoms with Crippen LogP contribution in [0.3, 0.4) is 0 Å². The summed E-state index contributed by atoms with van der Waals surface area (Å²) in [6, 6.07) is 34.6. The molecule has 5 aromatic carbocycles. The number of hydrogen-bond acceptors (Lipinski definition) is 9. The molecule has 1 N–H and O–H groups in total. The second-order valence-corrected chi connectivity index (χ2v) is 21.9. The van der Waals surface area contributed by atoms with E-state index < -0.39 is 36.7 Å². The molecule has 14 heteroatoms. The minimum Gasteiger partial charge on any atom is -0.497 e. The van der Waals surface area contributed by atoms with Gasteiger partial charge in [-0.25, -0.2) is 0 Å². The predicted molar refractivity (Wildman–Crippen MR) is 236 cm³/mol. The van der Waals surface area contributed by atoms with E-state index in [9.17, 15) is 24.8 Å². The van der Waals surface area contributed by atoms with Crippen molar-refractivity contribution >= 4 is 53.7 Å². The maximum Gasteiger partial charge on any atom is 0.269 e. The van der Waals surface area contributed by atoms with Crippen molar-refractivity contribution in [2.75, 3.05) is 30.1 Å². The molecule has 0 aliphatic carbocycles. The number of ether oxygens (including phenoxy) is 3. The molecule has 0 unspecified atom stereocenters. The van der Waals surface area contributed by atoms with Gasteiger partial charge in [-0.1, -0.05) is 85.9 Å². The molecule has 4 aliphatic heterocycles. The Balaban J connectivity index is 1.09. The number of anilines is 3. The quantitative estimate of drug-likeness (QED) is 0.0913. The fourth-order valence-electron chi connectivity index (χ4n) is 10.4. The third kappa shape index (κ3) is 6.73. The zero-order valence-corrected chi connectivity index (χ0v) is 36.0. The van der Waals surface area contributed by atoms with E-state index in [0.717, 1.165) is 21.9 Å². The average molecular weight is 853 g/mol. The molecule has 0 radical (unpaired) electrons. The van der Waals surface area contributed by atoms with Crippen LogP contribution < -0.4 is 24.5 Å². The maximum absolute atomic E-state index is 15.5. The summed E-state index contributed by atoms with van der Waals surface area (Å²) in [6.07, 6.45) is -0.284. The SMILES string of the molecule is COc1ccc([Si](C)(C)[C@H]2[C@H](CC(=O)N3Cc4ccccc4C[C@H]3CO)O[C@@]3(C(=O)N(Cc4ccc(N5C(=O)COc6ccccc65)cc4)c4ccc([N+](=O)[O-])cc43)[C@@H]2C)cc1. The highest BCUT2D eigenvalue weighted by atomic mass is 28.3. The molecule has 13 nitrogen and oxygen atoms in total. The number of aliphatic hydroxyl groups excluding tert-OH is 1. The van der Waals surface area contributed by atoms with Gasteiger partial charge in [0.25, 0.3) is 17.5 Å². The number of benzene rings is 5. The van der Waals surface area contributed by atoms with Crippen molar-refractivity contribution in [2.45, 2.75) is 69.2 Å². The van der Waals surface area contributed by atoms with Crippen molar-refractivity contribution < 1.29 is 38.6 Å². The molecule has 3 amide bonds. The van der Waals surface area contributed by atoms with Gasteiger partial charge in [0.2, 0.25) is 5.91 Å². The van der Waals surface area contributed by atoms with E-state index >= 15 is 4.79 Å². The van der Waals surface area contributed by atoms with E-state index in [1.807, 2.05) is 104 Å². The largest absolute Gasteiger partial charge is 0.497 e. The smallest absolute Gasteiger partial charge is 0.269 e. The lowest BCUT2D eigenvalue weighted by molar-refractivity contribution is -0.385. The Morgan fingerprint density at radius 1 is 0.935 bits per heavy atom. The van der Waals surface area contributed by atoms with Crippen LogP contribution in [-0.2, 0) is 44.2 Å². The lowest BCUT2D eigenvalue weighted by Gasteiger charge is -2.39. The molecule has 1 spiro atoms. The molecule has 62 heavy (non-hydrogen) atoms. The van der Waals surface area contributed by atoms with Crippen molar-refractivity contribution in [3.05, 3.63) is 148 Å². The van der Waals surface area contributed by atoms with E-state index in [4.69, 9.17) is 14.2 Å². The predicted octanol–water partition coefficient (Wildman–Crippen LogP) is 6.76. The molecular weight excluding hydrogens is 805 g/mol. The van der Waals surface area contributed by atoms with Gasteiger partial charge in [0.1, 0.15) is 11.5 Å². The summed E-state index contributed by atoms with van der Waals surface area (Å²) in [5.41, 5.74) is 2.92. The fraction of sp³-hybridized carbons (Fsp3) is 0.312.